The minimum Gasteiger partial charge on any atom is -0.494 e. The van der Waals surface area contributed by atoms with Crippen LogP contribution in [0.15, 0.2) is 30.7 Å². The molecule has 3 heterocycles. The average molecular weight is 575 g/mol. The molecule has 1 aliphatic carbocycles. The van der Waals surface area contributed by atoms with Crippen LogP contribution in [-0.4, -0.2) is 54.1 Å². The summed E-state index contributed by atoms with van der Waals surface area (Å²) in [6.07, 6.45) is 4.55. The Kier molecular flexibility index (Phi) is 8.38. The summed E-state index contributed by atoms with van der Waals surface area (Å²) in [4.78, 5) is 21.2. The number of ether oxygens (including phenoxy) is 1. The van der Waals surface area contributed by atoms with E-state index >= 15 is 0 Å². The minimum absolute atomic E-state index is 0.0271. The molecule has 4 rings (SSSR count). The number of aromatic nitrogens is 4. The Labute approximate surface area is 226 Å². The summed E-state index contributed by atoms with van der Waals surface area (Å²) < 4.78 is 56.4. The molecule has 1 fully saturated rings. The first-order valence-corrected chi connectivity index (χ1v) is 14.1. The van der Waals surface area contributed by atoms with Gasteiger partial charge in [-0.1, -0.05) is 17.3 Å². The molecule has 39 heavy (non-hydrogen) atoms. The highest BCUT2D eigenvalue weighted by Gasteiger charge is 2.23. The van der Waals surface area contributed by atoms with Gasteiger partial charge in [0.15, 0.2) is 5.01 Å². The number of nitrogens with zero attached hydrogens (tertiary/aromatic N) is 4. The number of rotatable bonds is 9. The zero-order chi connectivity index (χ0) is 28.2. The summed E-state index contributed by atoms with van der Waals surface area (Å²) in [5.41, 5.74) is -0.126. The maximum Gasteiger partial charge on any atom is 0.295 e. The average Bonchev–Trinajstić information content (AvgIpc) is 3.63. The van der Waals surface area contributed by atoms with Crippen molar-refractivity contribution in [2.24, 2.45) is 5.92 Å². The van der Waals surface area contributed by atoms with E-state index in [1.165, 1.54) is 25.6 Å². The van der Waals surface area contributed by atoms with E-state index in [1.54, 1.807) is 0 Å². The molecule has 0 bridgehead atoms. The second-order valence-electron chi connectivity index (χ2n) is 8.37. The van der Waals surface area contributed by atoms with Gasteiger partial charge in [0, 0.05) is 29.5 Å². The lowest BCUT2D eigenvalue weighted by atomic mass is 9.98. The molecule has 0 aliphatic heterocycles. The normalized spacial score (nSPS) is 13.5. The molecule has 0 saturated heterocycles. The van der Waals surface area contributed by atoms with E-state index in [2.05, 4.69) is 37.3 Å². The second-order valence-corrected chi connectivity index (χ2v) is 11.3. The molecule has 202 valence electrons. The van der Waals surface area contributed by atoms with Crippen LogP contribution < -0.4 is 14.8 Å². The number of methoxy groups -OCH3 is 1. The number of hydrogen-bond donors (Lipinski definition) is 3. The van der Waals surface area contributed by atoms with Gasteiger partial charge in [-0.25, -0.2) is 13.5 Å². The molecule has 4 N–H and O–H groups in total. The molecule has 0 atom stereocenters. The highest BCUT2D eigenvalue weighted by atomic mass is 32.2. The molecule has 1 aliphatic rings. The first-order valence-electron chi connectivity index (χ1n) is 11.3. The molecular formula is C24H22F2N7O4S2+. The maximum absolute atomic E-state index is 13.5. The molecule has 1 amide bonds. The number of carbonyl (C=O) groups excluding carboxylic acids is 1. The number of pyridine rings is 2. The predicted octanol–water partition coefficient (Wildman–Crippen LogP) is 2.47. The van der Waals surface area contributed by atoms with Crippen molar-refractivity contribution in [1.82, 2.24) is 20.2 Å². The summed E-state index contributed by atoms with van der Waals surface area (Å²) in [5, 5.41) is 18.8. The number of nitrogens with one attached hydrogen (secondary N) is 2. The molecule has 1 saturated carbocycles. The van der Waals surface area contributed by atoms with Crippen LogP contribution in [0.3, 0.4) is 0 Å². The molecule has 15 heteroatoms. The summed E-state index contributed by atoms with van der Waals surface area (Å²) in [5.74, 6) is 5.78. The highest BCUT2D eigenvalue weighted by Crippen LogP contribution is 2.36. The van der Waals surface area contributed by atoms with Gasteiger partial charge in [-0.2, -0.15) is 8.42 Å². The van der Waals surface area contributed by atoms with Crippen LogP contribution in [0.4, 0.5) is 13.9 Å². The van der Waals surface area contributed by atoms with Crippen molar-refractivity contribution in [1.29, 1.82) is 5.41 Å². The van der Waals surface area contributed by atoms with Crippen LogP contribution >= 0.6 is 11.3 Å². The number of halogens is 2. The summed E-state index contributed by atoms with van der Waals surface area (Å²) in [6.45, 7) is 0. The molecule has 3 aromatic rings. The van der Waals surface area contributed by atoms with Crippen molar-refractivity contribution in [2.45, 2.75) is 19.3 Å². The molecule has 11 nitrogen and oxygen atoms in total. The number of amides is 1. The maximum atomic E-state index is 13.5. The van der Waals surface area contributed by atoms with E-state index in [-0.39, 0.29) is 38.8 Å². The van der Waals surface area contributed by atoms with E-state index in [0.717, 1.165) is 53.6 Å². The van der Waals surface area contributed by atoms with Gasteiger partial charge in [0.25, 0.3) is 22.4 Å². The van der Waals surface area contributed by atoms with Crippen molar-refractivity contribution in [3.05, 3.63) is 52.7 Å². The molecule has 0 unspecified atom stereocenters. The van der Waals surface area contributed by atoms with Crippen LogP contribution in [0.25, 0.3) is 16.7 Å². The number of carbonyl (C=O) groups is 1. The Balaban J connectivity index is 1.78. The number of hydrogen-bond acceptors (Lipinski definition) is 10. The van der Waals surface area contributed by atoms with E-state index in [4.69, 9.17) is 10.1 Å². The topological polar surface area (TPSA) is 164 Å². The summed E-state index contributed by atoms with van der Waals surface area (Å²) in [7, 11) is -2.20. The van der Waals surface area contributed by atoms with Crippen LogP contribution in [-0.2, 0) is 10.0 Å². The SMILES string of the molecule is COc1cnc(C(F)F)cc1-c1cc(/C(C=N)=C/[NH2+]S(C)(=O)=O)ncc1C(=O)Nc1nnc(C#CC2CC2)s1. The van der Waals surface area contributed by atoms with Crippen molar-refractivity contribution >= 4 is 44.2 Å². The van der Waals surface area contributed by atoms with Crippen LogP contribution in [0.2, 0.25) is 0 Å². The fraction of sp³-hybridized carbons (Fsp3) is 0.250. The zero-order valence-electron chi connectivity index (χ0n) is 20.6. The Bertz CT molecular complexity index is 1620. The number of anilines is 1. The Morgan fingerprint density at radius 1 is 1.26 bits per heavy atom. The van der Waals surface area contributed by atoms with Crippen LogP contribution in [0.1, 0.15) is 46.0 Å². The second kappa shape index (κ2) is 11.7. The summed E-state index contributed by atoms with van der Waals surface area (Å²) >= 11 is 1.08. The van der Waals surface area contributed by atoms with Crippen molar-refractivity contribution in [2.75, 3.05) is 18.7 Å². The number of primary sulfonamides is 1. The largest absolute Gasteiger partial charge is 0.494 e. The van der Waals surface area contributed by atoms with Gasteiger partial charge in [0.05, 0.1) is 36.4 Å². The third-order valence-electron chi connectivity index (χ3n) is 5.32. The van der Waals surface area contributed by atoms with Crippen molar-refractivity contribution in [3.8, 4) is 28.7 Å². The van der Waals surface area contributed by atoms with Gasteiger partial charge in [0.1, 0.15) is 17.6 Å². The van der Waals surface area contributed by atoms with Gasteiger partial charge in [-0.05, 0) is 30.9 Å². The highest BCUT2D eigenvalue weighted by molar-refractivity contribution is 7.84. The van der Waals surface area contributed by atoms with Crippen LogP contribution in [0, 0.1) is 23.2 Å². The number of allylic oxidation sites excluding steroid dienone is 1. The van der Waals surface area contributed by atoms with E-state index in [9.17, 15) is 22.0 Å². The lowest BCUT2D eigenvalue weighted by molar-refractivity contribution is -0.413. The Hall–Kier alpha value is -4.13. The minimum atomic E-state index is -3.51. The fourth-order valence-corrected chi connectivity index (χ4v) is 4.25. The number of alkyl halides is 2. The third kappa shape index (κ3) is 7.25. The standard InChI is InChI=1S/C24H21F2N7O4S2/c1-37-20-12-29-19(22(25)26)8-16(20)15-7-18(14(9-27)10-30-39(2,35)36)28-11-17(15)23(34)31-24-33-32-21(38-24)6-5-13-3-4-13/h7-13,22,27,30H,3-4H2,1-2H3,(H,31,33,34)/p+1/b14-10+,27-9?. The van der Waals surface area contributed by atoms with E-state index in [1.807, 2.05) is 0 Å². The van der Waals surface area contributed by atoms with Gasteiger partial charge >= 0.3 is 0 Å². The lowest BCUT2D eigenvalue weighted by Crippen LogP contribution is -2.81. The number of sulfonamides is 1. The lowest BCUT2D eigenvalue weighted by Gasteiger charge is -2.15. The van der Waals surface area contributed by atoms with Crippen LogP contribution in [0.5, 0.6) is 5.75 Å². The first-order chi connectivity index (χ1) is 18.6. The molecule has 0 aromatic carbocycles. The molecule has 3 aromatic heterocycles. The summed E-state index contributed by atoms with van der Waals surface area (Å²) in [6, 6.07) is 2.47. The predicted molar refractivity (Wildman–Crippen MR) is 140 cm³/mol. The Morgan fingerprint density at radius 2 is 2.03 bits per heavy atom. The molecular weight excluding hydrogens is 552 g/mol. The van der Waals surface area contributed by atoms with Gasteiger partial charge in [0.2, 0.25) is 5.13 Å². The van der Waals surface area contributed by atoms with E-state index < -0.39 is 28.0 Å². The quantitative estimate of drug-likeness (QED) is 0.259. The zero-order valence-corrected chi connectivity index (χ0v) is 22.2. The van der Waals surface area contributed by atoms with Gasteiger partial charge in [-0.15, -0.1) is 10.2 Å². The smallest absolute Gasteiger partial charge is 0.295 e. The monoisotopic (exact) mass is 574 g/mol. The number of quaternary nitrogens is 1. The third-order valence-corrected chi connectivity index (χ3v) is 6.71. The van der Waals surface area contributed by atoms with Gasteiger partial charge in [-0.3, -0.25) is 20.1 Å². The molecule has 0 spiro atoms. The molecule has 0 radical (unpaired) electrons. The van der Waals surface area contributed by atoms with E-state index in [0.29, 0.717) is 10.9 Å². The first kappa shape index (κ1) is 27.9. The fourth-order valence-electron chi connectivity index (χ4n) is 3.25. The van der Waals surface area contributed by atoms with Crippen molar-refractivity contribution < 1.29 is 31.5 Å². The van der Waals surface area contributed by atoms with Gasteiger partial charge < -0.3 is 10.1 Å². The van der Waals surface area contributed by atoms with Crippen molar-refractivity contribution in [3.63, 3.8) is 0 Å². The Morgan fingerprint density at radius 3 is 2.67 bits per heavy atom. The number of nitrogens with two attached hydrogens (primary N) is 1.